The summed E-state index contributed by atoms with van der Waals surface area (Å²) >= 11 is 0. The van der Waals surface area contributed by atoms with E-state index in [0.29, 0.717) is 24.5 Å². The molecule has 0 spiro atoms. The van der Waals surface area contributed by atoms with Gasteiger partial charge in [0, 0.05) is 12.7 Å². The lowest BCUT2D eigenvalue weighted by atomic mass is 10.0. The molecule has 0 aromatic carbocycles. The predicted octanol–water partition coefficient (Wildman–Crippen LogP) is 0.794. The van der Waals surface area contributed by atoms with Gasteiger partial charge in [0.05, 0.1) is 31.9 Å². The molecule has 1 N–H and O–H groups in total. The largest absolute Gasteiger partial charge is 0.481 e. The fourth-order valence-corrected chi connectivity index (χ4v) is 2.47. The number of hydrogen-bond acceptors (Lipinski definition) is 6. The van der Waals surface area contributed by atoms with E-state index in [1.54, 1.807) is 12.1 Å². The summed E-state index contributed by atoms with van der Waals surface area (Å²) in [5.74, 6) is -1.40. The molecule has 1 fully saturated rings. The number of carboxylic acids is 1. The van der Waals surface area contributed by atoms with Crippen LogP contribution < -0.4 is 4.90 Å². The van der Waals surface area contributed by atoms with Crippen molar-refractivity contribution in [2.45, 2.75) is 13.0 Å². The highest BCUT2D eigenvalue weighted by Crippen LogP contribution is 2.25. The minimum Gasteiger partial charge on any atom is -0.481 e. The van der Waals surface area contributed by atoms with E-state index in [-0.39, 0.29) is 12.6 Å². The first-order chi connectivity index (χ1) is 10.1. The van der Waals surface area contributed by atoms with Gasteiger partial charge in [-0.2, -0.15) is 0 Å². The van der Waals surface area contributed by atoms with Crippen molar-refractivity contribution in [2.24, 2.45) is 5.92 Å². The second-order valence-electron chi connectivity index (χ2n) is 4.73. The van der Waals surface area contributed by atoms with Gasteiger partial charge in [0.25, 0.3) is 0 Å². The number of aliphatic carboxylic acids is 1. The first-order valence-corrected chi connectivity index (χ1v) is 6.70. The number of carbonyl (C=O) groups is 2. The van der Waals surface area contributed by atoms with Gasteiger partial charge in [0.2, 0.25) is 0 Å². The van der Waals surface area contributed by atoms with Crippen molar-refractivity contribution >= 4 is 17.8 Å². The summed E-state index contributed by atoms with van der Waals surface area (Å²) in [4.78, 5) is 28.9. The molecule has 2 heterocycles. The molecule has 1 aromatic heterocycles. The Bertz CT molecular complexity index is 534. The van der Waals surface area contributed by atoms with Crippen LogP contribution in [0.5, 0.6) is 0 Å². The highest BCUT2D eigenvalue weighted by atomic mass is 16.5. The zero-order chi connectivity index (χ0) is 15.4. The Kier molecular flexibility index (Phi) is 4.74. The SMILES string of the molecule is CCN(c1cc(C(=O)OC)ccn1)C1COCC1C(=O)O. The molecule has 1 aliphatic heterocycles. The second kappa shape index (κ2) is 6.53. The normalized spacial score (nSPS) is 21.0. The molecule has 1 aromatic rings. The van der Waals surface area contributed by atoms with Crippen molar-refractivity contribution < 1.29 is 24.2 Å². The van der Waals surface area contributed by atoms with E-state index in [0.717, 1.165) is 0 Å². The van der Waals surface area contributed by atoms with Crippen molar-refractivity contribution in [2.75, 3.05) is 31.8 Å². The third kappa shape index (κ3) is 3.13. The van der Waals surface area contributed by atoms with E-state index in [9.17, 15) is 14.7 Å². The number of nitrogens with zero attached hydrogens (tertiary/aromatic N) is 2. The summed E-state index contributed by atoms with van der Waals surface area (Å²) in [6, 6.07) is 2.86. The molecule has 0 saturated carbocycles. The van der Waals surface area contributed by atoms with E-state index < -0.39 is 17.9 Å². The Balaban J connectivity index is 2.29. The maximum absolute atomic E-state index is 11.6. The second-order valence-corrected chi connectivity index (χ2v) is 4.73. The number of carboxylic acid groups (broad SMARTS) is 1. The number of pyridine rings is 1. The van der Waals surface area contributed by atoms with Gasteiger partial charge in [0.15, 0.2) is 0 Å². The van der Waals surface area contributed by atoms with Crippen LogP contribution in [-0.4, -0.2) is 54.9 Å². The zero-order valence-electron chi connectivity index (χ0n) is 12.0. The number of aromatic nitrogens is 1. The van der Waals surface area contributed by atoms with Gasteiger partial charge >= 0.3 is 11.9 Å². The third-order valence-electron chi connectivity index (χ3n) is 3.57. The molecule has 2 rings (SSSR count). The first-order valence-electron chi connectivity index (χ1n) is 6.70. The van der Waals surface area contributed by atoms with E-state index in [2.05, 4.69) is 9.72 Å². The maximum Gasteiger partial charge on any atom is 0.338 e. The van der Waals surface area contributed by atoms with Gasteiger partial charge in [-0.1, -0.05) is 0 Å². The molecule has 1 saturated heterocycles. The molecule has 2 unspecified atom stereocenters. The van der Waals surface area contributed by atoms with Crippen LogP contribution in [0.25, 0.3) is 0 Å². The van der Waals surface area contributed by atoms with Crippen molar-refractivity contribution in [3.63, 3.8) is 0 Å². The standard InChI is InChI=1S/C14H18N2O5/c1-3-16(11-8-21-7-10(11)13(17)18)12-6-9(4-5-15-12)14(19)20-2/h4-6,10-11H,3,7-8H2,1-2H3,(H,17,18). The van der Waals surface area contributed by atoms with Crippen LogP contribution in [0, 0.1) is 5.92 Å². The lowest BCUT2D eigenvalue weighted by Gasteiger charge is -2.30. The van der Waals surface area contributed by atoms with Crippen molar-refractivity contribution in [3.8, 4) is 0 Å². The molecular weight excluding hydrogens is 276 g/mol. The van der Waals surface area contributed by atoms with Crippen LogP contribution in [0.2, 0.25) is 0 Å². The van der Waals surface area contributed by atoms with Crippen LogP contribution in [0.4, 0.5) is 5.82 Å². The summed E-state index contributed by atoms with van der Waals surface area (Å²) < 4.78 is 9.98. The lowest BCUT2D eigenvalue weighted by Crippen LogP contribution is -2.43. The summed E-state index contributed by atoms with van der Waals surface area (Å²) in [7, 11) is 1.31. The monoisotopic (exact) mass is 294 g/mol. The van der Waals surface area contributed by atoms with Gasteiger partial charge in [0.1, 0.15) is 11.7 Å². The molecule has 0 aliphatic carbocycles. The molecular formula is C14H18N2O5. The zero-order valence-corrected chi connectivity index (χ0v) is 12.0. The average Bonchev–Trinajstić information content (AvgIpc) is 2.97. The predicted molar refractivity (Wildman–Crippen MR) is 74.3 cm³/mol. The third-order valence-corrected chi connectivity index (χ3v) is 3.57. The molecule has 21 heavy (non-hydrogen) atoms. The highest BCUT2D eigenvalue weighted by Gasteiger charge is 2.38. The number of anilines is 1. The lowest BCUT2D eigenvalue weighted by molar-refractivity contribution is -0.141. The Morgan fingerprint density at radius 3 is 2.90 bits per heavy atom. The Labute approximate surface area is 122 Å². The molecule has 114 valence electrons. The van der Waals surface area contributed by atoms with Gasteiger partial charge in [-0.15, -0.1) is 0 Å². The van der Waals surface area contributed by atoms with Gasteiger partial charge in [-0.3, -0.25) is 4.79 Å². The number of carbonyl (C=O) groups excluding carboxylic acids is 1. The van der Waals surface area contributed by atoms with Crippen molar-refractivity contribution in [3.05, 3.63) is 23.9 Å². The molecule has 1 aliphatic rings. The fourth-order valence-electron chi connectivity index (χ4n) is 2.47. The smallest absolute Gasteiger partial charge is 0.338 e. The topological polar surface area (TPSA) is 89.0 Å². The summed E-state index contributed by atoms with van der Waals surface area (Å²) in [5.41, 5.74) is 0.381. The molecule has 2 atom stereocenters. The minimum absolute atomic E-state index is 0.188. The van der Waals surface area contributed by atoms with E-state index in [1.165, 1.54) is 13.3 Å². The van der Waals surface area contributed by atoms with Crippen LogP contribution in [0.3, 0.4) is 0 Å². The van der Waals surface area contributed by atoms with Crippen LogP contribution in [0.15, 0.2) is 18.3 Å². The average molecular weight is 294 g/mol. The Hall–Kier alpha value is -2.15. The Morgan fingerprint density at radius 2 is 2.29 bits per heavy atom. The number of rotatable bonds is 5. The quantitative estimate of drug-likeness (QED) is 0.803. The summed E-state index contributed by atoms with van der Waals surface area (Å²) in [5, 5.41) is 9.25. The maximum atomic E-state index is 11.6. The van der Waals surface area contributed by atoms with Crippen LogP contribution in [0.1, 0.15) is 17.3 Å². The number of methoxy groups -OCH3 is 1. The van der Waals surface area contributed by atoms with E-state index >= 15 is 0 Å². The minimum atomic E-state index is -0.889. The number of esters is 1. The van der Waals surface area contributed by atoms with Crippen molar-refractivity contribution in [1.82, 2.24) is 4.98 Å². The number of likely N-dealkylation sites (N-methyl/N-ethyl adjacent to an activating group) is 1. The fraction of sp³-hybridized carbons (Fsp3) is 0.500. The van der Waals surface area contributed by atoms with Gasteiger partial charge < -0.3 is 19.5 Å². The summed E-state index contributed by atoms with van der Waals surface area (Å²) in [6.07, 6.45) is 1.51. The van der Waals surface area contributed by atoms with Crippen LogP contribution in [-0.2, 0) is 14.3 Å². The first kappa shape index (κ1) is 15.2. The molecule has 0 radical (unpaired) electrons. The number of ether oxygens (including phenoxy) is 2. The molecule has 0 amide bonds. The Morgan fingerprint density at radius 1 is 1.52 bits per heavy atom. The van der Waals surface area contributed by atoms with E-state index in [4.69, 9.17) is 4.74 Å². The number of hydrogen-bond donors (Lipinski definition) is 1. The van der Waals surface area contributed by atoms with Crippen LogP contribution >= 0.6 is 0 Å². The molecule has 7 nitrogen and oxygen atoms in total. The van der Waals surface area contributed by atoms with Crippen molar-refractivity contribution in [1.29, 1.82) is 0 Å². The van der Waals surface area contributed by atoms with E-state index in [1.807, 2.05) is 11.8 Å². The molecule has 0 bridgehead atoms. The highest BCUT2D eigenvalue weighted by molar-refractivity contribution is 5.90. The van der Waals surface area contributed by atoms with Gasteiger partial charge in [-0.05, 0) is 19.1 Å². The molecule has 7 heteroatoms. The summed E-state index contributed by atoms with van der Waals surface area (Å²) in [6.45, 7) is 2.99. The van der Waals surface area contributed by atoms with Gasteiger partial charge in [-0.25, -0.2) is 9.78 Å².